The van der Waals surface area contributed by atoms with Gasteiger partial charge in [-0.25, -0.2) is 0 Å². The van der Waals surface area contributed by atoms with Crippen molar-refractivity contribution in [2.24, 2.45) is 0 Å². The van der Waals surface area contributed by atoms with Crippen LogP contribution in [0.3, 0.4) is 0 Å². The molecule has 1 saturated heterocycles. The van der Waals surface area contributed by atoms with E-state index in [1.807, 2.05) is 63.5 Å². The molecule has 1 fully saturated rings. The number of anilines is 1. The minimum atomic E-state index is 0.209. The van der Waals surface area contributed by atoms with Gasteiger partial charge in [-0.05, 0) is 152 Å². The van der Waals surface area contributed by atoms with Crippen LogP contribution < -0.4 is 5.73 Å². The van der Waals surface area contributed by atoms with Crippen molar-refractivity contribution in [2.75, 3.05) is 18.9 Å². The molecule has 0 unspecified atom stereocenters. The zero-order valence-corrected chi connectivity index (χ0v) is 51.4. The predicted octanol–water partition coefficient (Wildman–Crippen LogP) is 20.1. The summed E-state index contributed by atoms with van der Waals surface area (Å²) < 4.78 is 7.18. The van der Waals surface area contributed by atoms with E-state index in [0.29, 0.717) is 23.0 Å². The van der Waals surface area contributed by atoms with Crippen LogP contribution in [0.1, 0.15) is 195 Å². The summed E-state index contributed by atoms with van der Waals surface area (Å²) in [5.41, 5.74) is 23.3. The molecule has 1 heterocycles. The van der Waals surface area contributed by atoms with Crippen molar-refractivity contribution in [2.45, 2.75) is 165 Å². The van der Waals surface area contributed by atoms with Crippen LogP contribution in [-0.4, -0.2) is 27.8 Å². The molecule has 9 rings (SSSR count). The number of benzene rings is 8. The average Bonchev–Trinajstić information content (AvgIpc) is 4.06. The van der Waals surface area contributed by atoms with Gasteiger partial charge in [0.1, 0.15) is 11.5 Å². The van der Waals surface area contributed by atoms with E-state index in [4.69, 9.17) is 10.5 Å². The second-order valence-electron chi connectivity index (χ2n) is 23.6. The van der Waals surface area contributed by atoms with Crippen LogP contribution in [0.15, 0.2) is 133 Å². The maximum Gasteiger partial charge on any atom is 0.132 e. The van der Waals surface area contributed by atoms with Crippen LogP contribution in [-0.2, 0) is 29.5 Å². The van der Waals surface area contributed by atoms with Gasteiger partial charge < -0.3 is 20.7 Å². The molecule has 1 aliphatic rings. The minimum Gasteiger partial charge on any atom is -0.507 e. The summed E-state index contributed by atoms with van der Waals surface area (Å²) in [5.74, 6) is 2.17. The van der Waals surface area contributed by atoms with Crippen LogP contribution >= 0.6 is 0 Å². The monoisotopic (exact) mass is 1110 g/mol. The number of aryl methyl sites for hydroxylation is 2. The van der Waals surface area contributed by atoms with E-state index < -0.39 is 0 Å². The fourth-order valence-electron chi connectivity index (χ4n) is 10.4. The number of rotatable bonds is 11. The number of para-hydroxylation sites is 1. The smallest absolute Gasteiger partial charge is 0.132 e. The molecule has 0 saturated carbocycles. The minimum absolute atomic E-state index is 0.209. The number of hydrogen-bond acceptors (Lipinski definition) is 4. The van der Waals surface area contributed by atoms with Crippen LogP contribution in [0, 0.1) is 13.8 Å². The molecule has 8 aromatic carbocycles. The third-order valence-corrected chi connectivity index (χ3v) is 16.7. The summed E-state index contributed by atoms with van der Waals surface area (Å²) in [4.78, 5) is 0. The first-order chi connectivity index (χ1) is 36.5. The van der Waals surface area contributed by atoms with Crippen molar-refractivity contribution in [3.8, 4) is 44.9 Å². The van der Waals surface area contributed by atoms with Crippen LogP contribution in [0.25, 0.3) is 54.9 Å². The maximum atomic E-state index is 12.9. The van der Waals surface area contributed by atoms with E-state index in [1.54, 1.807) is 0 Å². The van der Waals surface area contributed by atoms with Gasteiger partial charge in [-0.3, -0.25) is 0 Å². The SMILES string of the molecule is C1CCOC1.CC(C)([CH]=[Mo+4])c1ccccc1.CC(C)c1cc(C(C)C)c(-c2cc3ccccc3c(-c3c(O)c(-c4c(C(C)C)cc(C(C)C)cc4C(C)C)cc4ccccc34)c2O)c(C(C)C)c1.Cc1cccc(C)c1N. The van der Waals surface area contributed by atoms with Crippen molar-refractivity contribution < 1.29 is 34.3 Å². The Morgan fingerprint density at radius 1 is 0.468 bits per heavy atom. The second-order valence-corrected chi connectivity index (χ2v) is 24.2. The van der Waals surface area contributed by atoms with Gasteiger partial charge in [0.25, 0.3) is 0 Å². The topological polar surface area (TPSA) is 75.7 Å². The third kappa shape index (κ3) is 14.1. The first kappa shape index (κ1) is 60.4. The predicted molar refractivity (Wildman–Crippen MR) is 332 cm³/mol. The van der Waals surface area contributed by atoms with E-state index in [-0.39, 0.29) is 40.6 Å². The molecule has 1 aliphatic heterocycles. The number of fused-ring (bicyclic) bond motifs is 2. The Morgan fingerprint density at radius 3 is 1.12 bits per heavy atom. The van der Waals surface area contributed by atoms with Crippen LogP contribution in [0.2, 0.25) is 0 Å². The van der Waals surface area contributed by atoms with Gasteiger partial charge in [0, 0.05) is 41.2 Å². The van der Waals surface area contributed by atoms with E-state index in [1.165, 1.54) is 51.8 Å². The summed E-state index contributed by atoms with van der Waals surface area (Å²) in [5, 5.41) is 29.7. The molecule has 0 atom stereocenters. The quantitative estimate of drug-likeness (QED) is 0.0891. The number of hydrogen-bond donors (Lipinski definition) is 3. The van der Waals surface area contributed by atoms with E-state index in [0.717, 1.165) is 73.8 Å². The Labute approximate surface area is 475 Å². The summed E-state index contributed by atoms with van der Waals surface area (Å²) in [7, 11) is 0. The number of ether oxygens (including phenoxy) is 1. The van der Waals surface area contributed by atoms with Crippen molar-refractivity contribution in [3.05, 3.63) is 184 Å². The number of phenolic OH excluding ortho intramolecular Hbond substituents is 2. The normalized spacial score (nSPS) is 12.6. The van der Waals surface area contributed by atoms with Crippen molar-refractivity contribution in [1.82, 2.24) is 0 Å². The molecule has 0 aromatic heterocycles. The molecule has 8 aromatic rings. The molecule has 4 nitrogen and oxygen atoms in total. The Morgan fingerprint density at radius 2 is 0.818 bits per heavy atom. The molecule has 0 spiro atoms. The first-order valence-corrected chi connectivity index (χ1v) is 29.4. The molecule has 0 amide bonds. The van der Waals surface area contributed by atoms with E-state index in [9.17, 15) is 10.2 Å². The van der Waals surface area contributed by atoms with E-state index in [2.05, 4.69) is 204 Å². The molecule has 0 aliphatic carbocycles. The zero-order valence-electron chi connectivity index (χ0n) is 49.4. The van der Waals surface area contributed by atoms with Crippen LogP contribution in [0.4, 0.5) is 5.69 Å². The van der Waals surface area contributed by atoms with Gasteiger partial charge in [0.15, 0.2) is 0 Å². The fourth-order valence-corrected chi connectivity index (χ4v) is 10.7. The number of nitrogen functional groups attached to an aromatic ring is 1. The van der Waals surface area contributed by atoms with E-state index >= 15 is 0 Å². The Hall–Kier alpha value is -5.80. The van der Waals surface area contributed by atoms with Gasteiger partial charge >= 0.3 is 78.9 Å². The molecular formula is C72H89MoNO3+4. The summed E-state index contributed by atoms with van der Waals surface area (Å²) in [6.07, 6.45) is 2.56. The standard InChI is InChI=1S/C50H58O2.C10H12.C8H11N.C4H8O.Mo/c1-27(2)35-23-39(29(5)6)45(40(24-35)30(7)8)43-21-33-17-13-15-19-37(33)47(49(43)51)48-38-20-16-14-18-34(38)22-44(50(48)52)46-41(31(9)10)25-36(28(3)4)26-42(46)32(11)12;1-10(2,3)9-7-5-4-6-8-9;1-6-4-3-5-7(2)8(6)9;1-2-4-5-3-1;/h13-32,51-52H,1-12H3;1,4-8H,2-3H3;3-5H,9H2,1-2H3;1-4H2;/q;;;;+4. The summed E-state index contributed by atoms with van der Waals surface area (Å²) in [6.45, 7) is 37.5. The molecule has 5 heteroatoms. The molecule has 77 heavy (non-hydrogen) atoms. The molecule has 0 bridgehead atoms. The number of nitrogens with two attached hydrogens (primary N) is 1. The summed E-state index contributed by atoms with van der Waals surface area (Å²) >= 11 is 2.04. The molecular weight excluding hydrogens is 1020 g/mol. The van der Waals surface area contributed by atoms with Gasteiger partial charge in [-0.1, -0.05) is 174 Å². The second kappa shape index (κ2) is 26.7. The zero-order chi connectivity index (χ0) is 56.5. The van der Waals surface area contributed by atoms with Crippen molar-refractivity contribution >= 4 is 31.6 Å². The Balaban J connectivity index is 0.000000310. The van der Waals surface area contributed by atoms with Crippen molar-refractivity contribution in [3.63, 3.8) is 0 Å². The largest absolute Gasteiger partial charge is 0.507 e. The number of phenols is 2. The first-order valence-electron chi connectivity index (χ1n) is 28.3. The molecule has 402 valence electrons. The number of aromatic hydroxyl groups is 2. The van der Waals surface area contributed by atoms with Crippen molar-refractivity contribution in [1.29, 1.82) is 0 Å². The van der Waals surface area contributed by atoms with Gasteiger partial charge in [-0.2, -0.15) is 0 Å². The summed E-state index contributed by atoms with van der Waals surface area (Å²) in [6, 6.07) is 47.0. The molecule has 0 radical (unpaired) electrons. The Bertz CT molecular complexity index is 3030. The fraction of sp³-hybridized carbons (Fsp3) is 0.375. The van der Waals surface area contributed by atoms with Gasteiger partial charge in [0.2, 0.25) is 0 Å². The third-order valence-electron chi connectivity index (χ3n) is 15.3. The van der Waals surface area contributed by atoms with Gasteiger partial charge in [-0.15, -0.1) is 0 Å². The Kier molecular flexibility index (Phi) is 21.0. The average molecular weight is 1110 g/mol. The maximum absolute atomic E-state index is 12.9. The van der Waals surface area contributed by atoms with Crippen LogP contribution in [0.5, 0.6) is 11.5 Å². The van der Waals surface area contributed by atoms with Gasteiger partial charge in [0.05, 0.1) is 0 Å². The molecule has 4 N–H and O–H groups in total.